The quantitative estimate of drug-likeness (QED) is 0.452. The average molecular weight is 389 g/mol. The molecule has 4 heteroatoms. The van der Waals surface area contributed by atoms with Gasteiger partial charge in [0.15, 0.2) is 12.4 Å². The molecule has 106 valence electrons. The van der Waals surface area contributed by atoms with E-state index in [1.165, 1.54) is 5.56 Å². The van der Waals surface area contributed by atoms with Gasteiger partial charge in [0.25, 0.3) is 0 Å². The highest BCUT2D eigenvalue weighted by Crippen LogP contribution is 2.14. The first kappa shape index (κ1) is 15.4. The van der Waals surface area contributed by atoms with Gasteiger partial charge < -0.3 is 28.5 Å². The first-order valence-corrected chi connectivity index (χ1v) is 6.54. The zero-order valence-corrected chi connectivity index (χ0v) is 13.9. The Bertz CT molecular complexity index is 715. The largest absolute Gasteiger partial charge is 1.00 e. The monoisotopic (exact) mass is 389 g/mol. The van der Waals surface area contributed by atoms with Gasteiger partial charge >= 0.3 is 0 Å². The fraction of sp³-hybridized carbons (Fsp3) is 0.0588. The van der Waals surface area contributed by atoms with Crippen LogP contribution in [0.1, 0.15) is 11.3 Å². The molecule has 0 aliphatic rings. The van der Waals surface area contributed by atoms with Gasteiger partial charge in [-0.3, -0.25) is 4.98 Å². The highest BCUT2D eigenvalue weighted by Gasteiger charge is 2.00. The molecule has 0 aromatic carbocycles. The van der Waals surface area contributed by atoms with Gasteiger partial charge in [-0.1, -0.05) is 6.08 Å². The number of nitrogens with zero attached hydrogens (tertiary/aromatic N) is 3. The van der Waals surface area contributed by atoms with E-state index in [4.69, 9.17) is 0 Å². The first-order valence-electron chi connectivity index (χ1n) is 6.54. The molecule has 0 amide bonds. The molecule has 3 nitrogen and oxygen atoms in total. The van der Waals surface area contributed by atoms with Crippen LogP contribution >= 0.6 is 0 Å². The van der Waals surface area contributed by atoms with Gasteiger partial charge in [-0.2, -0.15) is 0 Å². The van der Waals surface area contributed by atoms with Gasteiger partial charge in [-0.05, 0) is 35.9 Å². The van der Waals surface area contributed by atoms with E-state index in [0.717, 1.165) is 11.4 Å². The molecule has 3 aromatic heterocycles. The number of hydrogen-bond acceptors (Lipinski definition) is 1. The van der Waals surface area contributed by atoms with Gasteiger partial charge in [0, 0.05) is 30.2 Å². The Balaban J connectivity index is 0.00000161. The van der Waals surface area contributed by atoms with Crippen LogP contribution in [0.5, 0.6) is 0 Å². The maximum absolute atomic E-state index is 4.16. The van der Waals surface area contributed by atoms with Gasteiger partial charge in [0.1, 0.15) is 7.05 Å². The second-order valence-corrected chi connectivity index (χ2v) is 4.64. The topological polar surface area (TPSA) is 21.7 Å². The predicted octanol–water partition coefficient (Wildman–Crippen LogP) is -0.129. The molecule has 0 spiro atoms. The predicted molar refractivity (Wildman–Crippen MR) is 80.1 cm³/mol. The van der Waals surface area contributed by atoms with Crippen LogP contribution in [0, 0.1) is 0 Å². The normalized spacial score (nSPS) is 10.5. The van der Waals surface area contributed by atoms with Crippen LogP contribution in [0.3, 0.4) is 0 Å². The van der Waals surface area contributed by atoms with E-state index in [0.29, 0.717) is 0 Å². The van der Waals surface area contributed by atoms with E-state index in [1.807, 2.05) is 54.6 Å². The Hall–Kier alpha value is -1.95. The van der Waals surface area contributed by atoms with E-state index in [1.54, 1.807) is 6.20 Å². The van der Waals surface area contributed by atoms with Crippen molar-refractivity contribution in [3.8, 4) is 5.69 Å². The summed E-state index contributed by atoms with van der Waals surface area (Å²) < 4.78 is 4.14. The second-order valence-electron chi connectivity index (χ2n) is 4.64. The van der Waals surface area contributed by atoms with E-state index >= 15 is 0 Å². The molecule has 0 bridgehead atoms. The fourth-order valence-corrected chi connectivity index (χ4v) is 2.07. The molecular weight excluding hydrogens is 373 g/mol. The molecule has 0 aliphatic heterocycles. The molecule has 0 aliphatic carbocycles. The molecule has 0 saturated carbocycles. The summed E-state index contributed by atoms with van der Waals surface area (Å²) in [6, 6.07) is 12.3. The summed E-state index contributed by atoms with van der Waals surface area (Å²) in [6.45, 7) is 0. The minimum atomic E-state index is 0. The van der Waals surface area contributed by atoms with Crippen molar-refractivity contribution in [2.24, 2.45) is 7.05 Å². The molecule has 0 radical (unpaired) electrons. The number of halogens is 1. The lowest BCUT2D eigenvalue weighted by Crippen LogP contribution is -3.00. The van der Waals surface area contributed by atoms with Gasteiger partial charge in [-0.25, -0.2) is 4.57 Å². The van der Waals surface area contributed by atoms with Crippen LogP contribution in [0.2, 0.25) is 0 Å². The molecule has 0 atom stereocenters. The van der Waals surface area contributed by atoms with Gasteiger partial charge in [-0.15, -0.1) is 0 Å². The third kappa shape index (κ3) is 3.78. The highest BCUT2D eigenvalue weighted by atomic mass is 127. The van der Waals surface area contributed by atoms with Crippen molar-refractivity contribution in [2.45, 2.75) is 0 Å². The summed E-state index contributed by atoms with van der Waals surface area (Å²) in [4.78, 5) is 4.16. The number of aryl methyl sites for hydroxylation is 1. The zero-order valence-electron chi connectivity index (χ0n) is 11.7. The smallest absolute Gasteiger partial charge is 0.169 e. The highest BCUT2D eigenvalue weighted by molar-refractivity contribution is 5.68. The lowest BCUT2D eigenvalue weighted by molar-refractivity contribution is -0.671. The summed E-state index contributed by atoms with van der Waals surface area (Å²) in [5, 5.41) is 0. The minimum Gasteiger partial charge on any atom is -1.00 e. The summed E-state index contributed by atoms with van der Waals surface area (Å²) in [7, 11) is 2.01. The molecule has 0 N–H and O–H groups in total. The lowest BCUT2D eigenvalue weighted by Gasteiger charge is -2.05. The molecule has 0 fully saturated rings. The Morgan fingerprint density at radius 1 is 1.05 bits per heavy atom. The van der Waals surface area contributed by atoms with Crippen molar-refractivity contribution >= 4 is 12.2 Å². The maximum atomic E-state index is 4.16. The van der Waals surface area contributed by atoms with Crippen molar-refractivity contribution in [3.63, 3.8) is 0 Å². The third-order valence-corrected chi connectivity index (χ3v) is 3.16. The zero-order chi connectivity index (χ0) is 13.8. The Labute approximate surface area is 141 Å². The van der Waals surface area contributed by atoms with E-state index in [-0.39, 0.29) is 24.0 Å². The lowest BCUT2D eigenvalue weighted by atomic mass is 10.2. The second kappa shape index (κ2) is 7.17. The summed E-state index contributed by atoms with van der Waals surface area (Å²) in [5.74, 6) is 0. The van der Waals surface area contributed by atoms with E-state index in [9.17, 15) is 0 Å². The standard InChI is InChI=1S/C17H16N3.HI/c1-19-12-8-15(9-13-19)6-7-16-5-3-11-20(16)17-4-2-10-18-14-17;/h2-14H,1H3;1H/q+1;/p-1. The number of rotatable bonds is 3. The molecule has 0 unspecified atom stereocenters. The van der Waals surface area contributed by atoms with Gasteiger partial charge in [0.2, 0.25) is 0 Å². The van der Waals surface area contributed by atoms with Crippen LogP contribution < -0.4 is 28.5 Å². The Morgan fingerprint density at radius 2 is 1.86 bits per heavy atom. The van der Waals surface area contributed by atoms with Crippen molar-refractivity contribution in [2.75, 3.05) is 0 Å². The average Bonchev–Trinajstić information content (AvgIpc) is 2.96. The van der Waals surface area contributed by atoms with E-state index < -0.39 is 0 Å². The summed E-state index contributed by atoms with van der Waals surface area (Å²) in [5.41, 5.74) is 3.38. The fourth-order valence-electron chi connectivity index (χ4n) is 2.07. The third-order valence-electron chi connectivity index (χ3n) is 3.16. The first-order chi connectivity index (χ1) is 9.83. The van der Waals surface area contributed by atoms with Crippen molar-refractivity contribution in [1.82, 2.24) is 9.55 Å². The number of aromatic nitrogens is 3. The molecule has 3 aromatic rings. The summed E-state index contributed by atoms with van der Waals surface area (Å²) in [6.07, 6.45) is 14.0. The molecule has 21 heavy (non-hydrogen) atoms. The van der Waals surface area contributed by atoms with Crippen molar-refractivity contribution < 1.29 is 28.5 Å². The Kier molecular flexibility index (Phi) is 5.27. The number of pyridine rings is 2. The van der Waals surface area contributed by atoms with E-state index in [2.05, 4.69) is 39.9 Å². The number of hydrogen-bond donors (Lipinski definition) is 0. The Morgan fingerprint density at radius 3 is 2.57 bits per heavy atom. The van der Waals surface area contributed by atoms with Gasteiger partial charge in [0.05, 0.1) is 11.9 Å². The summed E-state index contributed by atoms with van der Waals surface area (Å²) >= 11 is 0. The van der Waals surface area contributed by atoms with Crippen LogP contribution in [0.15, 0.2) is 67.4 Å². The molecule has 3 rings (SSSR count). The maximum Gasteiger partial charge on any atom is 0.169 e. The molecular formula is C17H16IN3. The van der Waals surface area contributed by atoms with Crippen LogP contribution in [0.25, 0.3) is 17.8 Å². The minimum absolute atomic E-state index is 0. The molecule has 3 heterocycles. The van der Waals surface area contributed by atoms with Crippen LogP contribution in [0.4, 0.5) is 0 Å². The van der Waals surface area contributed by atoms with Crippen molar-refractivity contribution in [3.05, 3.63) is 78.6 Å². The van der Waals surface area contributed by atoms with Crippen LogP contribution in [-0.4, -0.2) is 9.55 Å². The van der Waals surface area contributed by atoms with Crippen LogP contribution in [-0.2, 0) is 7.05 Å². The molecule has 0 saturated heterocycles. The SMILES string of the molecule is C[n+]1ccc(/C=C/c2cccn2-c2cccnc2)cc1.[I-]. The van der Waals surface area contributed by atoms with Crippen molar-refractivity contribution in [1.29, 1.82) is 0 Å².